The Balaban J connectivity index is 0. The van der Waals surface area contributed by atoms with Crippen LogP contribution in [0.2, 0.25) is 0 Å². The van der Waals surface area contributed by atoms with Crippen LogP contribution in [0.3, 0.4) is 0 Å². The molecule has 0 aliphatic heterocycles. The lowest BCUT2D eigenvalue weighted by molar-refractivity contribution is -0.142. The van der Waals surface area contributed by atoms with Gasteiger partial charge in [-0.15, -0.1) is 12.4 Å². The van der Waals surface area contributed by atoms with Gasteiger partial charge in [0.15, 0.2) is 0 Å². The molecule has 0 aliphatic rings. The number of rotatable bonds is 15. The second kappa shape index (κ2) is 18.7. The Hall–Kier alpha value is -0.280. The molecule has 122 valence electrons. The van der Waals surface area contributed by atoms with Crippen LogP contribution in [0.4, 0.5) is 0 Å². The van der Waals surface area contributed by atoms with Gasteiger partial charge in [-0.1, -0.05) is 77.6 Å². The first-order valence-electron chi connectivity index (χ1n) is 8.07. The molecular formula is C16H33ClO3. The van der Waals surface area contributed by atoms with Crippen molar-refractivity contribution in [1.29, 1.82) is 0 Å². The highest BCUT2D eigenvalue weighted by Crippen LogP contribution is 2.11. The van der Waals surface area contributed by atoms with Crippen molar-refractivity contribution < 1.29 is 14.6 Å². The van der Waals surface area contributed by atoms with E-state index >= 15 is 0 Å². The van der Waals surface area contributed by atoms with E-state index in [1.54, 1.807) is 0 Å². The van der Waals surface area contributed by atoms with Gasteiger partial charge in [0, 0.05) is 6.61 Å². The summed E-state index contributed by atoms with van der Waals surface area (Å²) in [4.78, 5) is 10.2. The maximum Gasteiger partial charge on any atom is 0.329 e. The van der Waals surface area contributed by atoms with Gasteiger partial charge in [-0.25, -0.2) is 4.79 Å². The second-order valence-electron chi connectivity index (χ2n) is 5.34. The Morgan fingerprint density at radius 1 is 0.800 bits per heavy atom. The van der Waals surface area contributed by atoms with Gasteiger partial charge in [0.25, 0.3) is 0 Å². The van der Waals surface area contributed by atoms with E-state index in [1.165, 1.54) is 64.2 Å². The number of unbranched alkanes of at least 4 members (excludes halogenated alkanes) is 11. The van der Waals surface area contributed by atoms with E-state index in [1.807, 2.05) is 0 Å². The lowest BCUT2D eigenvalue weighted by atomic mass is 10.1. The van der Waals surface area contributed by atoms with E-state index < -0.39 is 5.97 Å². The van der Waals surface area contributed by atoms with Crippen LogP contribution in [0.5, 0.6) is 0 Å². The summed E-state index contributed by atoms with van der Waals surface area (Å²) in [7, 11) is 0. The third-order valence-corrected chi connectivity index (χ3v) is 3.37. The summed E-state index contributed by atoms with van der Waals surface area (Å²) in [6.07, 6.45) is 15.8. The first-order chi connectivity index (χ1) is 9.27. The topological polar surface area (TPSA) is 46.5 Å². The number of hydrogen-bond donors (Lipinski definition) is 1. The molecule has 0 saturated heterocycles. The van der Waals surface area contributed by atoms with Crippen molar-refractivity contribution in [2.75, 3.05) is 13.2 Å². The summed E-state index contributed by atoms with van der Waals surface area (Å²) in [6, 6.07) is 0. The smallest absolute Gasteiger partial charge is 0.329 e. The monoisotopic (exact) mass is 308 g/mol. The molecule has 0 aromatic heterocycles. The average molecular weight is 309 g/mol. The number of ether oxygens (including phenoxy) is 1. The maximum absolute atomic E-state index is 10.2. The molecule has 0 radical (unpaired) electrons. The predicted molar refractivity (Wildman–Crippen MR) is 86.8 cm³/mol. The minimum Gasteiger partial charge on any atom is -0.480 e. The zero-order valence-corrected chi connectivity index (χ0v) is 13.9. The first kappa shape index (κ1) is 22.0. The third-order valence-electron chi connectivity index (χ3n) is 3.37. The molecule has 0 aromatic carbocycles. The van der Waals surface area contributed by atoms with E-state index in [0.717, 1.165) is 12.8 Å². The predicted octanol–water partition coefficient (Wildman–Crippen LogP) is 5.21. The highest BCUT2D eigenvalue weighted by molar-refractivity contribution is 5.85. The van der Waals surface area contributed by atoms with Crippen molar-refractivity contribution in [2.45, 2.75) is 84.0 Å². The Labute approximate surface area is 130 Å². The number of carboxylic acids is 1. The summed E-state index contributed by atoms with van der Waals surface area (Å²) in [5.41, 5.74) is 0. The number of hydrogen-bond acceptors (Lipinski definition) is 2. The van der Waals surface area contributed by atoms with Crippen LogP contribution in [0.25, 0.3) is 0 Å². The molecule has 0 saturated carbocycles. The molecule has 0 unspecified atom stereocenters. The molecule has 0 spiro atoms. The van der Waals surface area contributed by atoms with E-state index in [-0.39, 0.29) is 19.0 Å². The number of carboxylic acid groups (broad SMARTS) is 1. The van der Waals surface area contributed by atoms with E-state index in [4.69, 9.17) is 9.84 Å². The average Bonchev–Trinajstić information content (AvgIpc) is 2.39. The van der Waals surface area contributed by atoms with Gasteiger partial charge < -0.3 is 9.84 Å². The van der Waals surface area contributed by atoms with Crippen molar-refractivity contribution >= 4 is 18.4 Å². The maximum atomic E-state index is 10.2. The minimum atomic E-state index is -0.876. The highest BCUT2D eigenvalue weighted by Gasteiger charge is 1.96. The van der Waals surface area contributed by atoms with Crippen molar-refractivity contribution in [1.82, 2.24) is 0 Å². The zero-order valence-electron chi connectivity index (χ0n) is 13.1. The lowest BCUT2D eigenvalue weighted by Gasteiger charge is -2.03. The summed E-state index contributed by atoms with van der Waals surface area (Å²) >= 11 is 0. The van der Waals surface area contributed by atoms with E-state index in [0.29, 0.717) is 6.61 Å². The zero-order chi connectivity index (χ0) is 14.2. The molecule has 0 heterocycles. The molecule has 0 aliphatic carbocycles. The van der Waals surface area contributed by atoms with Crippen LogP contribution < -0.4 is 0 Å². The molecule has 0 aromatic rings. The number of aliphatic carboxylic acids is 1. The molecule has 3 nitrogen and oxygen atoms in total. The van der Waals surface area contributed by atoms with Crippen LogP contribution in [-0.4, -0.2) is 24.3 Å². The summed E-state index contributed by atoms with van der Waals surface area (Å²) in [6.45, 7) is 2.69. The van der Waals surface area contributed by atoms with Gasteiger partial charge in [-0.2, -0.15) is 0 Å². The quantitative estimate of drug-likeness (QED) is 0.422. The van der Waals surface area contributed by atoms with E-state index in [2.05, 4.69) is 6.92 Å². The fourth-order valence-electron chi connectivity index (χ4n) is 2.20. The van der Waals surface area contributed by atoms with Crippen LogP contribution in [0.1, 0.15) is 84.0 Å². The molecule has 0 atom stereocenters. The molecular weight excluding hydrogens is 276 g/mol. The number of carbonyl (C=O) groups is 1. The van der Waals surface area contributed by atoms with Crippen molar-refractivity contribution in [3.63, 3.8) is 0 Å². The Bertz CT molecular complexity index is 198. The van der Waals surface area contributed by atoms with Crippen molar-refractivity contribution in [3.05, 3.63) is 0 Å². The Morgan fingerprint density at radius 3 is 1.60 bits per heavy atom. The van der Waals surface area contributed by atoms with Crippen LogP contribution in [-0.2, 0) is 9.53 Å². The van der Waals surface area contributed by atoms with Crippen LogP contribution in [0, 0.1) is 0 Å². The molecule has 20 heavy (non-hydrogen) atoms. The van der Waals surface area contributed by atoms with Crippen LogP contribution >= 0.6 is 12.4 Å². The summed E-state index contributed by atoms with van der Waals surface area (Å²) in [5.74, 6) is -0.876. The Morgan fingerprint density at radius 2 is 1.20 bits per heavy atom. The van der Waals surface area contributed by atoms with Gasteiger partial charge >= 0.3 is 5.97 Å². The van der Waals surface area contributed by atoms with Gasteiger partial charge in [0.05, 0.1) is 0 Å². The highest BCUT2D eigenvalue weighted by atomic mass is 35.5. The van der Waals surface area contributed by atoms with Crippen molar-refractivity contribution in [3.8, 4) is 0 Å². The fourth-order valence-corrected chi connectivity index (χ4v) is 2.20. The molecule has 4 heteroatoms. The SMILES string of the molecule is CCCCCCCCCCCCCCOCC(=O)O.Cl. The molecule has 0 bridgehead atoms. The molecule has 0 rings (SSSR count). The first-order valence-corrected chi connectivity index (χ1v) is 8.07. The summed E-state index contributed by atoms with van der Waals surface area (Å²) < 4.78 is 4.99. The minimum absolute atomic E-state index is 0. The van der Waals surface area contributed by atoms with Gasteiger partial charge in [-0.05, 0) is 6.42 Å². The second-order valence-corrected chi connectivity index (χ2v) is 5.34. The van der Waals surface area contributed by atoms with E-state index in [9.17, 15) is 4.79 Å². The van der Waals surface area contributed by atoms with Gasteiger partial charge in [0.2, 0.25) is 0 Å². The fraction of sp³-hybridized carbons (Fsp3) is 0.938. The molecule has 1 N–H and O–H groups in total. The van der Waals surface area contributed by atoms with Crippen LogP contribution in [0.15, 0.2) is 0 Å². The normalized spacial score (nSPS) is 10.2. The number of halogens is 1. The largest absolute Gasteiger partial charge is 0.480 e. The third kappa shape index (κ3) is 20.0. The van der Waals surface area contributed by atoms with Crippen molar-refractivity contribution in [2.24, 2.45) is 0 Å². The molecule has 0 amide bonds. The Kier molecular flexibility index (Phi) is 20.6. The molecule has 0 fully saturated rings. The van der Waals surface area contributed by atoms with Gasteiger partial charge in [0.1, 0.15) is 6.61 Å². The summed E-state index contributed by atoms with van der Waals surface area (Å²) in [5, 5.41) is 8.38. The lowest BCUT2D eigenvalue weighted by Crippen LogP contribution is -2.07. The standard InChI is InChI=1S/C16H32O3.ClH/c1-2-3-4-5-6-7-8-9-10-11-12-13-14-19-15-16(17)18;/h2-15H2,1H3,(H,17,18);1H. The van der Waals surface area contributed by atoms with Gasteiger partial charge in [-0.3, -0.25) is 0 Å².